The molecule has 0 aromatic heterocycles. The van der Waals surface area contributed by atoms with Crippen LogP contribution in [0.2, 0.25) is 0 Å². The summed E-state index contributed by atoms with van der Waals surface area (Å²) in [6.07, 6.45) is 2.99. The van der Waals surface area contributed by atoms with E-state index in [9.17, 15) is 4.79 Å². The zero-order chi connectivity index (χ0) is 12.4. The standard InChI is InChI=1S/C11H24N2O2S/c1-9(2)4-6-15-7-5-13-11(14)10(12)8-16-3/h9-10H,4-8,12H2,1-3H3,(H,13,14)/t10-/m0/s1. The number of nitrogens with one attached hydrogen (secondary N) is 1. The fourth-order valence-electron chi connectivity index (χ4n) is 1.05. The van der Waals surface area contributed by atoms with Crippen molar-refractivity contribution in [3.8, 4) is 0 Å². The van der Waals surface area contributed by atoms with Crippen LogP contribution >= 0.6 is 11.8 Å². The van der Waals surface area contributed by atoms with E-state index in [0.717, 1.165) is 13.0 Å². The molecule has 0 saturated carbocycles. The molecule has 0 aromatic carbocycles. The van der Waals surface area contributed by atoms with Gasteiger partial charge in [-0.25, -0.2) is 0 Å². The number of nitrogens with two attached hydrogens (primary N) is 1. The third kappa shape index (κ3) is 9.00. The number of carbonyl (C=O) groups excluding carboxylic acids is 1. The van der Waals surface area contributed by atoms with Gasteiger partial charge >= 0.3 is 0 Å². The number of rotatable bonds is 9. The summed E-state index contributed by atoms with van der Waals surface area (Å²) in [6, 6.07) is -0.411. The summed E-state index contributed by atoms with van der Waals surface area (Å²) in [7, 11) is 0. The molecule has 4 nitrogen and oxygen atoms in total. The minimum absolute atomic E-state index is 0.0955. The maximum atomic E-state index is 11.4. The van der Waals surface area contributed by atoms with Gasteiger partial charge in [0.05, 0.1) is 12.6 Å². The maximum Gasteiger partial charge on any atom is 0.237 e. The molecular formula is C11H24N2O2S. The summed E-state index contributed by atoms with van der Waals surface area (Å²) in [5, 5.41) is 2.75. The SMILES string of the molecule is CSC[C@H](N)C(=O)NCCOCCC(C)C. The molecule has 16 heavy (non-hydrogen) atoms. The van der Waals surface area contributed by atoms with Gasteiger partial charge in [-0.2, -0.15) is 11.8 Å². The first-order valence-electron chi connectivity index (χ1n) is 5.68. The highest BCUT2D eigenvalue weighted by Gasteiger charge is 2.11. The Hall–Kier alpha value is -0.260. The summed E-state index contributed by atoms with van der Waals surface area (Å²) in [4.78, 5) is 11.4. The van der Waals surface area contributed by atoms with E-state index in [2.05, 4.69) is 19.2 Å². The molecule has 0 heterocycles. The van der Waals surface area contributed by atoms with Crippen LogP contribution in [-0.2, 0) is 9.53 Å². The van der Waals surface area contributed by atoms with E-state index in [1.807, 2.05) is 6.26 Å². The van der Waals surface area contributed by atoms with Crippen LogP contribution in [0.5, 0.6) is 0 Å². The second kappa shape index (κ2) is 9.93. The third-order valence-electron chi connectivity index (χ3n) is 2.07. The van der Waals surface area contributed by atoms with E-state index in [1.165, 1.54) is 0 Å². The van der Waals surface area contributed by atoms with Crippen LogP contribution in [0.25, 0.3) is 0 Å². The van der Waals surface area contributed by atoms with Crippen LogP contribution in [0, 0.1) is 5.92 Å². The molecule has 0 spiro atoms. The molecule has 3 N–H and O–H groups in total. The van der Waals surface area contributed by atoms with Crippen molar-refractivity contribution in [3.63, 3.8) is 0 Å². The zero-order valence-corrected chi connectivity index (χ0v) is 11.3. The van der Waals surface area contributed by atoms with Crippen molar-refractivity contribution in [3.05, 3.63) is 0 Å². The van der Waals surface area contributed by atoms with Crippen LogP contribution in [0.1, 0.15) is 20.3 Å². The molecule has 0 aromatic rings. The van der Waals surface area contributed by atoms with Gasteiger partial charge < -0.3 is 15.8 Å². The Kier molecular flexibility index (Phi) is 9.77. The average molecular weight is 248 g/mol. The lowest BCUT2D eigenvalue weighted by molar-refractivity contribution is -0.122. The lowest BCUT2D eigenvalue weighted by Gasteiger charge is -2.11. The first-order valence-corrected chi connectivity index (χ1v) is 7.07. The van der Waals surface area contributed by atoms with Crippen molar-refractivity contribution >= 4 is 17.7 Å². The van der Waals surface area contributed by atoms with Gasteiger partial charge in [-0.05, 0) is 18.6 Å². The summed E-state index contributed by atoms with van der Waals surface area (Å²) in [6.45, 7) is 6.17. The van der Waals surface area contributed by atoms with Gasteiger partial charge in [-0.1, -0.05) is 13.8 Å². The number of hydrogen-bond acceptors (Lipinski definition) is 4. The molecule has 0 aliphatic carbocycles. The van der Waals surface area contributed by atoms with Gasteiger partial charge in [0.2, 0.25) is 5.91 Å². The Morgan fingerprint density at radius 2 is 2.12 bits per heavy atom. The first kappa shape index (κ1) is 15.7. The average Bonchev–Trinajstić information content (AvgIpc) is 2.22. The van der Waals surface area contributed by atoms with Gasteiger partial charge in [-0.15, -0.1) is 0 Å². The van der Waals surface area contributed by atoms with Crippen LogP contribution in [-0.4, -0.2) is 43.7 Å². The van der Waals surface area contributed by atoms with Crippen molar-refractivity contribution in [2.45, 2.75) is 26.3 Å². The van der Waals surface area contributed by atoms with Crippen LogP contribution in [0.3, 0.4) is 0 Å². The summed E-state index contributed by atoms with van der Waals surface area (Å²) in [5.74, 6) is 1.21. The highest BCUT2D eigenvalue weighted by molar-refractivity contribution is 7.98. The molecular weight excluding hydrogens is 224 g/mol. The molecule has 0 rings (SSSR count). The number of thioether (sulfide) groups is 1. The molecule has 0 fully saturated rings. The second-order valence-electron chi connectivity index (χ2n) is 4.15. The number of carbonyl (C=O) groups is 1. The molecule has 1 atom stereocenters. The van der Waals surface area contributed by atoms with Gasteiger partial charge in [0.1, 0.15) is 0 Å². The Balaban J connectivity index is 3.34. The number of hydrogen-bond donors (Lipinski definition) is 2. The molecule has 0 saturated heterocycles. The maximum absolute atomic E-state index is 11.4. The van der Waals surface area contributed by atoms with E-state index in [-0.39, 0.29) is 5.91 Å². The Bertz CT molecular complexity index is 189. The zero-order valence-electron chi connectivity index (χ0n) is 10.5. The van der Waals surface area contributed by atoms with E-state index in [4.69, 9.17) is 10.5 Å². The van der Waals surface area contributed by atoms with Gasteiger partial charge in [0.15, 0.2) is 0 Å². The first-order chi connectivity index (χ1) is 7.57. The Morgan fingerprint density at radius 1 is 1.44 bits per heavy atom. The Labute approximate surface area is 103 Å². The van der Waals surface area contributed by atoms with Crippen molar-refractivity contribution in [2.75, 3.05) is 31.8 Å². The molecule has 96 valence electrons. The van der Waals surface area contributed by atoms with Crippen molar-refractivity contribution < 1.29 is 9.53 Å². The van der Waals surface area contributed by atoms with E-state index >= 15 is 0 Å². The fourth-order valence-corrected chi connectivity index (χ4v) is 1.56. The van der Waals surface area contributed by atoms with Crippen molar-refractivity contribution in [2.24, 2.45) is 11.7 Å². The third-order valence-corrected chi connectivity index (χ3v) is 2.76. The van der Waals surface area contributed by atoms with E-state index < -0.39 is 6.04 Å². The summed E-state index contributed by atoms with van der Waals surface area (Å²) >= 11 is 1.57. The predicted octanol–water partition coefficient (Wildman–Crippen LogP) is 0.856. The normalized spacial score (nSPS) is 12.8. The molecule has 5 heteroatoms. The molecule has 0 bridgehead atoms. The lowest BCUT2D eigenvalue weighted by Crippen LogP contribution is -2.43. The summed E-state index contributed by atoms with van der Waals surface area (Å²) in [5.41, 5.74) is 5.63. The molecule has 0 radical (unpaired) electrons. The van der Waals surface area contributed by atoms with Crippen molar-refractivity contribution in [1.82, 2.24) is 5.32 Å². The van der Waals surface area contributed by atoms with Crippen LogP contribution in [0.15, 0.2) is 0 Å². The van der Waals surface area contributed by atoms with Crippen LogP contribution < -0.4 is 11.1 Å². The highest BCUT2D eigenvalue weighted by Crippen LogP contribution is 1.98. The number of amides is 1. The molecule has 0 aliphatic rings. The smallest absolute Gasteiger partial charge is 0.237 e. The van der Waals surface area contributed by atoms with Gasteiger partial charge in [0.25, 0.3) is 0 Å². The molecule has 0 aliphatic heterocycles. The largest absolute Gasteiger partial charge is 0.380 e. The Morgan fingerprint density at radius 3 is 2.69 bits per heavy atom. The fraction of sp³-hybridized carbons (Fsp3) is 0.909. The van der Waals surface area contributed by atoms with E-state index in [0.29, 0.717) is 24.8 Å². The topological polar surface area (TPSA) is 64.4 Å². The quantitative estimate of drug-likeness (QED) is 0.594. The second-order valence-corrected chi connectivity index (χ2v) is 5.06. The van der Waals surface area contributed by atoms with Gasteiger partial charge in [-0.3, -0.25) is 4.79 Å². The van der Waals surface area contributed by atoms with Crippen molar-refractivity contribution in [1.29, 1.82) is 0 Å². The molecule has 0 unspecified atom stereocenters. The monoisotopic (exact) mass is 248 g/mol. The summed E-state index contributed by atoms with van der Waals surface area (Å²) < 4.78 is 5.37. The van der Waals surface area contributed by atoms with Crippen LogP contribution in [0.4, 0.5) is 0 Å². The van der Waals surface area contributed by atoms with Gasteiger partial charge in [0, 0.05) is 18.9 Å². The number of ether oxygens (including phenoxy) is 1. The molecule has 1 amide bonds. The minimum atomic E-state index is -0.411. The minimum Gasteiger partial charge on any atom is -0.380 e. The highest BCUT2D eigenvalue weighted by atomic mass is 32.2. The van der Waals surface area contributed by atoms with E-state index in [1.54, 1.807) is 11.8 Å². The predicted molar refractivity (Wildman–Crippen MR) is 69.6 cm³/mol. The lowest BCUT2D eigenvalue weighted by atomic mass is 10.1.